The van der Waals surface area contributed by atoms with E-state index in [1.54, 1.807) is 0 Å². The van der Waals surface area contributed by atoms with Crippen LogP contribution in [0.15, 0.2) is 0 Å². The third-order valence-electron chi connectivity index (χ3n) is 6.02. The maximum Gasteiger partial charge on any atom is 0.187 e. The summed E-state index contributed by atoms with van der Waals surface area (Å²) in [7, 11) is 0. The first-order chi connectivity index (χ1) is 15.0. The van der Waals surface area contributed by atoms with E-state index in [-0.39, 0.29) is 0 Å². The van der Waals surface area contributed by atoms with E-state index in [2.05, 4.69) is 0 Å². The molecule has 0 aliphatic carbocycles. The van der Waals surface area contributed by atoms with Crippen molar-refractivity contribution >= 4 is 0 Å². The molecule has 0 amide bonds. The predicted molar refractivity (Wildman–Crippen MR) is 98.4 cm³/mol. The van der Waals surface area contributed by atoms with Crippen molar-refractivity contribution < 1.29 is 69.6 Å². The Balaban J connectivity index is 1.81. The number of hydrogen-bond acceptors (Lipinski definition) is 14. The van der Waals surface area contributed by atoms with Crippen molar-refractivity contribution in [1.29, 1.82) is 0 Å². The van der Waals surface area contributed by atoms with E-state index in [4.69, 9.17) is 23.7 Å². The zero-order chi connectivity index (χ0) is 23.9. The second-order valence-corrected chi connectivity index (χ2v) is 8.30. The van der Waals surface area contributed by atoms with Crippen LogP contribution in [0, 0.1) is 0 Å². The molecule has 0 spiro atoms. The third kappa shape index (κ3) is 4.94. The summed E-state index contributed by atoms with van der Waals surface area (Å²) in [6.07, 6.45) is -22.6. The molecule has 3 saturated heterocycles. The molecule has 3 aliphatic heterocycles. The highest BCUT2D eigenvalue weighted by Gasteiger charge is 2.52. The van der Waals surface area contributed by atoms with E-state index in [0.717, 1.165) is 0 Å². The Morgan fingerprint density at radius 1 is 0.562 bits per heavy atom. The maximum atomic E-state index is 10.6. The van der Waals surface area contributed by atoms with Crippen LogP contribution in [0.4, 0.5) is 0 Å². The van der Waals surface area contributed by atoms with Crippen molar-refractivity contribution in [3.05, 3.63) is 0 Å². The van der Waals surface area contributed by atoms with E-state index >= 15 is 0 Å². The molecule has 0 bridgehead atoms. The molecule has 14 heteroatoms. The molecule has 9 N–H and O–H groups in total. The van der Waals surface area contributed by atoms with Crippen LogP contribution in [0.25, 0.3) is 0 Å². The molecule has 15 atom stereocenters. The van der Waals surface area contributed by atoms with Crippen LogP contribution in [0.3, 0.4) is 0 Å². The third-order valence-corrected chi connectivity index (χ3v) is 6.02. The first-order valence-electron chi connectivity index (χ1n) is 10.3. The van der Waals surface area contributed by atoms with Gasteiger partial charge in [0.1, 0.15) is 61.0 Å². The Morgan fingerprint density at radius 3 is 1.78 bits per heavy atom. The number of aliphatic hydroxyl groups is 9. The van der Waals surface area contributed by atoms with E-state index in [1.807, 2.05) is 0 Å². The normalized spacial score (nSPS) is 55.0. The van der Waals surface area contributed by atoms with Gasteiger partial charge in [-0.1, -0.05) is 0 Å². The Labute approximate surface area is 183 Å². The van der Waals surface area contributed by atoms with Crippen LogP contribution >= 0.6 is 0 Å². The van der Waals surface area contributed by atoms with Gasteiger partial charge in [0.15, 0.2) is 18.9 Å². The smallest absolute Gasteiger partial charge is 0.187 e. The Morgan fingerprint density at radius 2 is 1.16 bits per heavy atom. The van der Waals surface area contributed by atoms with Crippen LogP contribution in [0.2, 0.25) is 0 Å². The molecule has 14 nitrogen and oxygen atoms in total. The Bertz CT molecular complexity index is 594. The van der Waals surface area contributed by atoms with Crippen molar-refractivity contribution in [2.24, 2.45) is 0 Å². The minimum absolute atomic E-state index is 0.718. The molecule has 188 valence electrons. The van der Waals surface area contributed by atoms with Gasteiger partial charge in [0.25, 0.3) is 0 Å². The molecule has 0 unspecified atom stereocenters. The lowest BCUT2D eigenvalue weighted by atomic mass is 9.96. The van der Waals surface area contributed by atoms with Gasteiger partial charge < -0.3 is 69.6 Å². The van der Waals surface area contributed by atoms with Crippen molar-refractivity contribution in [3.8, 4) is 0 Å². The van der Waals surface area contributed by atoms with E-state index < -0.39 is 98.7 Å². The molecule has 32 heavy (non-hydrogen) atoms. The van der Waals surface area contributed by atoms with Crippen molar-refractivity contribution in [2.45, 2.75) is 106 Å². The fourth-order valence-electron chi connectivity index (χ4n) is 3.92. The summed E-state index contributed by atoms with van der Waals surface area (Å²) in [4.78, 5) is 0. The van der Waals surface area contributed by atoms with Gasteiger partial charge in [-0.05, 0) is 13.8 Å². The summed E-state index contributed by atoms with van der Waals surface area (Å²) in [5, 5.41) is 90.6. The zero-order valence-corrected chi connectivity index (χ0v) is 17.4. The van der Waals surface area contributed by atoms with Crippen molar-refractivity contribution in [2.75, 3.05) is 6.61 Å². The fourth-order valence-corrected chi connectivity index (χ4v) is 3.92. The molecule has 0 aromatic heterocycles. The molecule has 3 fully saturated rings. The topological polar surface area (TPSA) is 228 Å². The highest BCUT2D eigenvalue weighted by Crippen LogP contribution is 2.32. The van der Waals surface area contributed by atoms with Gasteiger partial charge in [0.2, 0.25) is 0 Å². The molecule has 3 heterocycles. The van der Waals surface area contributed by atoms with E-state index in [1.165, 1.54) is 13.8 Å². The zero-order valence-electron chi connectivity index (χ0n) is 17.4. The lowest BCUT2D eigenvalue weighted by Gasteiger charge is -2.47. The fraction of sp³-hybridized carbons (Fsp3) is 1.00. The van der Waals surface area contributed by atoms with Gasteiger partial charge >= 0.3 is 0 Å². The van der Waals surface area contributed by atoms with Crippen molar-refractivity contribution in [3.63, 3.8) is 0 Å². The summed E-state index contributed by atoms with van der Waals surface area (Å²) < 4.78 is 26.9. The molecule has 0 radical (unpaired) electrons. The molecule has 3 aliphatic rings. The van der Waals surface area contributed by atoms with Crippen LogP contribution in [-0.4, -0.2) is 145 Å². The number of hydrogen-bond donors (Lipinski definition) is 9. The maximum absolute atomic E-state index is 10.6. The lowest BCUT2D eigenvalue weighted by molar-refractivity contribution is -0.384. The summed E-state index contributed by atoms with van der Waals surface area (Å²) >= 11 is 0. The first-order valence-corrected chi connectivity index (χ1v) is 10.3. The molecule has 3 rings (SSSR count). The quantitative estimate of drug-likeness (QED) is 0.182. The van der Waals surface area contributed by atoms with Gasteiger partial charge in [-0.15, -0.1) is 0 Å². The number of rotatable bonds is 5. The molecule has 0 aromatic carbocycles. The molecule has 0 aromatic rings. The first kappa shape index (κ1) is 26.1. The predicted octanol–water partition coefficient (Wildman–Crippen LogP) is -5.52. The minimum atomic E-state index is -1.81. The highest BCUT2D eigenvalue weighted by molar-refractivity contribution is 4.95. The second-order valence-electron chi connectivity index (χ2n) is 8.30. The SMILES string of the molecule is C[C@H]1O[C@H](O[C@H]2[C@@H](O)[C@@H](C)O[C@H](O)[C@@H]2O)[C@H](O[C@H]2O[C@H](CO)[C@@H](O)[C@H](O)[C@@H]2O)[C@@H](O)[C@H]1O. The van der Waals surface area contributed by atoms with Gasteiger partial charge in [-0.25, -0.2) is 0 Å². The van der Waals surface area contributed by atoms with Gasteiger partial charge in [0, 0.05) is 0 Å². The Hall–Kier alpha value is -0.560. The summed E-state index contributed by atoms with van der Waals surface area (Å²) in [6, 6.07) is 0. The van der Waals surface area contributed by atoms with Crippen LogP contribution in [0.1, 0.15) is 13.8 Å². The van der Waals surface area contributed by atoms with Crippen LogP contribution < -0.4 is 0 Å². The van der Waals surface area contributed by atoms with Crippen LogP contribution in [-0.2, 0) is 23.7 Å². The standard InChI is InChI=1S/C18H32O14/c1-4-7(20)11(24)15(32-17-12(25)10(23)9(22)6(3-19)30-17)18(29-4)31-14-8(21)5(2)28-16(27)13(14)26/h4-27H,3H2,1-2H3/t4-,5-,6-,7+,8+,9-,10+,11+,12+,13-,14+,15-,16+,17-,18-/m1/s1. The minimum Gasteiger partial charge on any atom is -0.394 e. The van der Waals surface area contributed by atoms with Gasteiger partial charge in [-0.2, -0.15) is 0 Å². The molecule has 0 saturated carbocycles. The largest absolute Gasteiger partial charge is 0.394 e. The lowest BCUT2D eigenvalue weighted by Crippen LogP contribution is -2.66. The summed E-state index contributed by atoms with van der Waals surface area (Å²) in [6.45, 7) is 2.13. The Kier molecular flexibility index (Phi) is 8.44. The van der Waals surface area contributed by atoms with Gasteiger partial charge in [-0.3, -0.25) is 0 Å². The summed E-state index contributed by atoms with van der Waals surface area (Å²) in [5.74, 6) is 0. The molecular weight excluding hydrogens is 440 g/mol. The van der Waals surface area contributed by atoms with Crippen LogP contribution in [0.5, 0.6) is 0 Å². The number of aliphatic hydroxyl groups excluding tert-OH is 9. The monoisotopic (exact) mass is 472 g/mol. The van der Waals surface area contributed by atoms with Crippen molar-refractivity contribution in [1.82, 2.24) is 0 Å². The number of ether oxygens (including phenoxy) is 5. The average Bonchev–Trinajstić information content (AvgIpc) is 2.76. The molecular formula is C18H32O14. The highest BCUT2D eigenvalue weighted by atomic mass is 16.8. The second kappa shape index (κ2) is 10.4. The summed E-state index contributed by atoms with van der Waals surface area (Å²) in [5.41, 5.74) is 0. The van der Waals surface area contributed by atoms with Gasteiger partial charge in [0.05, 0.1) is 18.8 Å². The van der Waals surface area contributed by atoms with E-state index in [0.29, 0.717) is 0 Å². The average molecular weight is 472 g/mol. The van der Waals surface area contributed by atoms with E-state index in [9.17, 15) is 46.0 Å².